The van der Waals surface area contributed by atoms with Crippen LogP contribution in [0.5, 0.6) is 0 Å². The molecule has 3 nitrogen and oxygen atoms in total. The van der Waals surface area contributed by atoms with Gasteiger partial charge in [0.15, 0.2) is 0 Å². The van der Waals surface area contributed by atoms with E-state index in [0.717, 1.165) is 18.6 Å². The summed E-state index contributed by atoms with van der Waals surface area (Å²) in [6.07, 6.45) is 0.735. The summed E-state index contributed by atoms with van der Waals surface area (Å²) in [6.45, 7) is 1.92. The average molecular weight is 338 g/mol. The average Bonchev–Trinajstić information content (AvgIpc) is 2.82. The lowest BCUT2D eigenvalue weighted by molar-refractivity contribution is 0.495. The third-order valence-corrected chi connectivity index (χ3v) is 3.64. The van der Waals surface area contributed by atoms with Crippen LogP contribution in [0.25, 0.3) is 11.5 Å². The Labute approximate surface area is 115 Å². The van der Waals surface area contributed by atoms with Crippen LogP contribution in [0.4, 0.5) is 8.78 Å². The smallest absolute Gasteiger partial charge is 0.250 e. The van der Waals surface area contributed by atoms with E-state index in [1.807, 2.05) is 6.92 Å². The molecule has 0 aliphatic carbocycles. The molecule has 96 valence electrons. The van der Waals surface area contributed by atoms with Gasteiger partial charge in [0.25, 0.3) is 5.89 Å². The van der Waals surface area contributed by atoms with E-state index in [0.29, 0.717) is 5.89 Å². The van der Waals surface area contributed by atoms with E-state index >= 15 is 0 Å². The first-order chi connectivity index (χ1) is 8.52. The number of aromatic nitrogens is 2. The van der Waals surface area contributed by atoms with Crippen LogP contribution in [0.15, 0.2) is 16.5 Å². The zero-order valence-electron chi connectivity index (χ0n) is 9.25. The minimum absolute atomic E-state index is 0.0732. The first-order valence-corrected chi connectivity index (χ1v) is 6.44. The van der Waals surface area contributed by atoms with E-state index < -0.39 is 11.6 Å². The maximum absolute atomic E-state index is 13.6. The molecule has 1 unspecified atom stereocenters. The molecule has 1 atom stereocenters. The first kappa shape index (κ1) is 13.4. The van der Waals surface area contributed by atoms with Gasteiger partial charge in [-0.1, -0.05) is 34.5 Å². The van der Waals surface area contributed by atoms with Gasteiger partial charge in [-0.25, -0.2) is 8.78 Å². The van der Waals surface area contributed by atoms with Crippen LogP contribution in [-0.2, 0) is 0 Å². The van der Waals surface area contributed by atoms with E-state index in [1.54, 1.807) is 0 Å². The normalized spacial score (nSPS) is 12.7. The zero-order valence-corrected chi connectivity index (χ0v) is 11.6. The Balaban J connectivity index is 2.43. The van der Waals surface area contributed by atoms with Crippen LogP contribution in [0.2, 0.25) is 5.02 Å². The fraction of sp³-hybridized carbons (Fsp3) is 0.273. The van der Waals surface area contributed by atoms with Gasteiger partial charge in [0.2, 0.25) is 5.89 Å². The third kappa shape index (κ3) is 2.54. The van der Waals surface area contributed by atoms with Crippen molar-refractivity contribution in [3.05, 3.63) is 34.7 Å². The minimum atomic E-state index is -0.737. The van der Waals surface area contributed by atoms with Gasteiger partial charge in [-0.2, -0.15) is 0 Å². The summed E-state index contributed by atoms with van der Waals surface area (Å²) in [4.78, 5) is -0.112. The van der Waals surface area contributed by atoms with Crippen molar-refractivity contribution in [2.45, 2.75) is 18.2 Å². The number of halogens is 4. The second-order valence-electron chi connectivity index (χ2n) is 3.57. The molecule has 0 spiro atoms. The molecular weight excluding hydrogens is 329 g/mol. The number of benzene rings is 1. The Kier molecular flexibility index (Phi) is 3.97. The van der Waals surface area contributed by atoms with E-state index in [-0.39, 0.29) is 21.3 Å². The molecule has 0 radical (unpaired) electrons. The number of hydrogen-bond acceptors (Lipinski definition) is 3. The highest BCUT2D eigenvalue weighted by atomic mass is 79.9. The maximum Gasteiger partial charge on any atom is 0.250 e. The number of nitrogens with zero attached hydrogens (tertiary/aromatic N) is 2. The van der Waals surface area contributed by atoms with Crippen molar-refractivity contribution in [3.8, 4) is 11.5 Å². The van der Waals surface area contributed by atoms with Gasteiger partial charge >= 0.3 is 0 Å². The molecule has 1 heterocycles. The molecular formula is C11H8BrClF2N2O. The second kappa shape index (κ2) is 5.32. The van der Waals surface area contributed by atoms with Crippen LogP contribution in [0.3, 0.4) is 0 Å². The lowest BCUT2D eigenvalue weighted by Crippen LogP contribution is -1.88. The summed E-state index contributed by atoms with van der Waals surface area (Å²) in [5.74, 6) is -1.20. The standard InChI is InChI=1S/C11H8BrClF2N2O/c1-2-6(12)11-17-16-10(18-11)5-3-9(15)7(13)4-8(5)14/h3-4,6H,2H2,1H3. The summed E-state index contributed by atoms with van der Waals surface area (Å²) < 4.78 is 32.2. The van der Waals surface area contributed by atoms with E-state index in [9.17, 15) is 8.78 Å². The second-order valence-corrected chi connectivity index (χ2v) is 5.08. The van der Waals surface area contributed by atoms with Gasteiger partial charge in [0.1, 0.15) is 11.6 Å². The van der Waals surface area contributed by atoms with Gasteiger partial charge < -0.3 is 4.42 Å². The van der Waals surface area contributed by atoms with Gasteiger partial charge in [0.05, 0.1) is 15.4 Å². The van der Waals surface area contributed by atoms with Crippen molar-refractivity contribution < 1.29 is 13.2 Å². The Morgan fingerprint density at radius 3 is 2.72 bits per heavy atom. The van der Waals surface area contributed by atoms with Crippen LogP contribution in [0, 0.1) is 11.6 Å². The molecule has 0 aliphatic heterocycles. The summed E-state index contributed by atoms with van der Waals surface area (Å²) in [5, 5.41) is 7.17. The maximum atomic E-state index is 13.6. The molecule has 0 fully saturated rings. The predicted molar refractivity (Wildman–Crippen MR) is 66.6 cm³/mol. The van der Waals surface area contributed by atoms with Crippen molar-refractivity contribution in [2.24, 2.45) is 0 Å². The Hall–Kier alpha value is -1.01. The molecule has 0 N–H and O–H groups in total. The Morgan fingerprint density at radius 1 is 1.33 bits per heavy atom. The monoisotopic (exact) mass is 336 g/mol. The summed E-state index contributed by atoms with van der Waals surface area (Å²) in [6, 6.07) is 1.81. The van der Waals surface area contributed by atoms with Crippen molar-refractivity contribution in [1.82, 2.24) is 10.2 Å². The fourth-order valence-electron chi connectivity index (χ4n) is 1.33. The van der Waals surface area contributed by atoms with Gasteiger partial charge in [-0.3, -0.25) is 0 Å². The third-order valence-electron chi connectivity index (χ3n) is 2.31. The molecule has 1 aromatic heterocycles. The van der Waals surface area contributed by atoms with Crippen molar-refractivity contribution in [1.29, 1.82) is 0 Å². The predicted octanol–water partition coefficient (Wildman–Crippen LogP) is 4.51. The van der Waals surface area contributed by atoms with Gasteiger partial charge in [-0.05, 0) is 18.6 Å². The van der Waals surface area contributed by atoms with Gasteiger partial charge in [0, 0.05) is 0 Å². The molecule has 18 heavy (non-hydrogen) atoms. The quantitative estimate of drug-likeness (QED) is 0.611. The summed E-state index contributed by atoms with van der Waals surface area (Å²) in [7, 11) is 0. The van der Waals surface area contributed by atoms with E-state index in [2.05, 4.69) is 26.1 Å². The molecule has 2 aromatic rings. The van der Waals surface area contributed by atoms with Crippen LogP contribution >= 0.6 is 27.5 Å². The number of hydrogen-bond donors (Lipinski definition) is 0. The number of rotatable bonds is 3. The highest BCUT2D eigenvalue weighted by Gasteiger charge is 2.18. The Bertz CT molecular complexity index is 576. The van der Waals surface area contributed by atoms with Gasteiger partial charge in [-0.15, -0.1) is 10.2 Å². The molecule has 0 bridgehead atoms. The first-order valence-electron chi connectivity index (χ1n) is 5.15. The van der Waals surface area contributed by atoms with Crippen molar-refractivity contribution >= 4 is 27.5 Å². The molecule has 0 saturated heterocycles. The highest BCUT2D eigenvalue weighted by Crippen LogP contribution is 2.30. The summed E-state index contributed by atoms with van der Waals surface area (Å²) in [5.41, 5.74) is -0.105. The summed E-state index contributed by atoms with van der Waals surface area (Å²) >= 11 is 8.79. The molecule has 2 rings (SSSR count). The Morgan fingerprint density at radius 2 is 2.06 bits per heavy atom. The lowest BCUT2D eigenvalue weighted by atomic mass is 10.2. The molecule has 0 saturated carbocycles. The SMILES string of the molecule is CCC(Br)c1nnc(-c2cc(F)c(Cl)cc2F)o1. The largest absolute Gasteiger partial charge is 0.419 e. The minimum Gasteiger partial charge on any atom is -0.419 e. The molecule has 1 aromatic carbocycles. The van der Waals surface area contributed by atoms with E-state index in [1.165, 1.54) is 0 Å². The van der Waals surface area contributed by atoms with E-state index in [4.69, 9.17) is 16.0 Å². The molecule has 0 amide bonds. The van der Waals surface area contributed by atoms with Crippen LogP contribution in [-0.4, -0.2) is 10.2 Å². The zero-order chi connectivity index (χ0) is 13.3. The number of alkyl halides is 1. The topological polar surface area (TPSA) is 38.9 Å². The molecule has 7 heteroatoms. The van der Waals surface area contributed by atoms with Crippen molar-refractivity contribution in [3.63, 3.8) is 0 Å². The van der Waals surface area contributed by atoms with Crippen LogP contribution < -0.4 is 0 Å². The lowest BCUT2D eigenvalue weighted by Gasteiger charge is -2.01. The highest BCUT2D eigenvalue weighted by molar-refractivity contribution is 9.09. The van der Waals surface area contributed by atoms with Crippen LogP contribution in [0.1, 0.15) is 24.1 Å². The molecule has 0 aliphatic rings. The van der Waals surface area contributed by atoms with Crippen molar-refractivity contribution in [2.75, 3.05) is 0 Å². The fourth-order valence-corrected chi connectivity index (χ4v) is 1.67.